The van der Waals surface area contributed by atoms with Crippen LogP contribution in [0.25, 0.3) is 0 Å². The molecule has 0 saturated carbocycles. The number of carbonyl (C=O) groups is 2. The fourth-order valence-corrected chi connectivity index (χ4v) is 6.58. The summed E-state index contributed by atoms with van der Waals surface area (Å²) in [4.78, 5) is 29.9. The second kappa shape index (κ2) is 15.0. The minimum atomic E-state index is -4.29. The van der Waals surface area contributed by atoms with E-state index in [0.717, 1.165) is 9.87 Å². The number of amides is 2. The summed E-state index contributed by atoms with van der Waals surface area (Å²) in [6.07, 6.45) is 0.194. The number of sulfonamides is 1. The van der Waals surface area contributed by atoms with Gasteiger partial charge in [-0.3, -0.25) is 13.9 Å². The van der Waals surface area contributed by atoms with Gasteiger partial charge in [-0.15, -0.1) is 0 Å². The fourth-order valence-electron chi connectivity index (χ4n) is 4.87. The van der Waals surface area contributed by atoms with Crippen LogP contribution in [0.2, 0.25) is 10.0 Å². The fraction of sp³-hybridized carbons (Fsp3) is 0.257. The summed E-state index contributed by atoms with van der Waals surface area (Å²) in [6, 6.07) is 27.5. The van der Waals surface area contributed by atoms with Crippen molar-refractivity contribution in [2.75, 3.05) is 18.0 Å². The summed E-state index contributed by atoms with van der Waals surface area (Å²) in [5.74, 6) is -0.387. The summed E-state index contributed by atoms with van der Waals surface area (Å²) in [5.41, 5.74) is 1.13. The highest BCUT2D eigenvalue weighted by Gasteiger charge is 2.35. The molecule has 0 aliphatic carbocycles. The second-order valence-corrected chi connectivity index (χ2v) is 14.5. The van der Waals surface area contributed by atoms with E-state index in [9.17, 15) is 18.0 Å². The molecule has 0 unspecified atom stereocenters. The largest absolute Gasteiger partial charge is 0.497 e. The summed E-state index contributed by atoms with van der Waals surface area (Å²) in [5, 5.41) is 3.67. The highest BCUT2D eigenvalue weighted by Crippen LogP contribution is 2.28. The highest BCUT2D eigenvalue weighted by atomic mass is 35.5. The SMILES string of the molecule is COc1cccc(CN(C(=O)CN(c2cccc(Cl)c2)S(=O)(=O)c2ccc(Cl)cc2)[C@H](Cc2ccccc2)C(=O)NC(C)(C)C)c1. The van der Waals surface area contributed by atoms with Crippen molar-refractivity contribution in [1.82, 2.24) is 10.2 Å². The first-order valence-electron chi connectivity index (χ1n) is 14.6. The molecular weight excluding hydrogens is 645 g/mol. The first kappa shape index (κ1) is 34.8. The predicted octanol–water partition coefficient (Wildman–Crippen LogP) is 6.75. The molecule has 4 aromatic rings. The molecule has 0 spiro atoms. The van der Waals surface area contributed by atoms with Crippen molar-refractivity contribution in [2.45, 2.75) is 50.2 Å². The quantitative estimate of drug-likeness (QED) is 0.178. The molecular formula is C35H37Cl2N3O5S. The molecule has 0 bridgehead atoms. The van der Waals surface area contributed by atoms with Gasteiger partial charge in [-0.2, -0.15) is 0 Å². The van der Waals surface area contributed by atoms with E-state index >= 15 is 0 Å². The topological polar surface area (TPSA) is 96.0 Å². The van der Waals surface area contributed by atoms with Crippen LogP contribution >= 0.6 is 23.2 Å². The zero-order valence-corrected chi connectivity index (χ0v) is 28.4. The number of nitrogens with zero attached hydrogens (tertiary/aromatic N) is 2. The van der Waals surface area contributed by atoms with E-state index in [1.807, 2.05) is 57.2 Å². The minimum absolute atomic E-state index is 0.00940. The molecule has 0 aliphatic heterocycles. The predicted molar refractivity (Wildman–Crippen MR) is 183 cm³/mol. The second-order valence-electron chi connectivity index (χ2n) is 11.8. The monoisotopic (exact) mass is 681 g/mol. The van der Waals surface area contributed by atoms with Crippen molar-refractivity contribution in [2.24, 2.45) is 0 Å². The maximum atomic E-state index is 14.6. The number of hydrogen-bond acceptors (Lipinski definition) is 5. The highest BCUT2D eigenvalue weighted by molar-refractivity contribution is 7.92. The molecule has 11 heteroatoms. The number of ether oxygens (including phenoxy) is 1. The van der Waals surface area contributed by atoms with Gasteiger partial charge in [0.1, 0.15) is 18.3 Å². The van der Waals surface area contributed by atoms with Gasteiger partial charge in [0.15, 0.2) is 0 Å². The van der Waals surface area contributed by atoms with Crippen LogP contribution in [0.3, 0.4) is 0 Å². The normalized spacial score (nSPS) is 12.2. The Morgan fingerprint density at radius 3 is 2.11 bits per heavy atom. The van der Waals surface area contributed by atoms with Crippen LogP contribution in [0.4, 0.5) is 5.69 Å². The van der Waals surface area contributed by atoms with Crippen LogP contribution in [0.15, 0.2) is 108 Å². The number of carbonyl (C=O) groups excluding carboxylic acids is 2. The number of methoxy groups -OCH3 is 1. The van der Waals surface area contributed by atoms with E-state index in [2.05, 4.69) is 5.32 Å². The summed E-state index contributed by atoms with van der Waals surface area (Å²) >= 11 is 12.3. The van der Waals surface area contributed by atoms with E-state index in [4.69, 9.17) is 27.9 Å². The van der Waals surface area contributed by atoms with E-state index in [-0.39, 0.29) is 29.5 Å². The average molecular weight is 683 g/mol. The summed E-state index contributed by atoms with van der Waals surface area (Å²) in [7, 11) is -2.74. The maximum absolute atomic E-state index is 14.6. The molecule has 0 fully saturated rings. The molecule has 1 N–H and O–H groups in total. The third-order valence-corrected chi connectivity index (χ3v) is 9.31. The Kier molecular flexibility index (Phi) is 11.4. The Labute approximate surface area is 280 Å². The Bertz CT molecular complexity index is 1760. The average Bonchev–Trinajstić information content (AvgIpc) is 3.01. The van der Waals surface area contributed by atoms with Gasteiger partial charge >= 0.3 is 0 Å². The minimum Gasteiger partial charge on any atom is -0.497 e. The van der Waals surface area contributed by atoms with Crippen molar-refractivity contribution in [3.63, 3.8) is 0 Å². The molecule has 1 atom stereocenters. The molecule has 0 aromatic heterocycles. The number of nitrogens with one attached hydrogen (secondary N) is 1. The number of benzene rings is 4. The number of hydrogen-bond donors (Lipinski definition) is 1. The van der Waals surface area contributed by atoms with Gasteiger partial charge in [-0.05, 0) is 86.5 Å². The van der Waals surface area contributed by atoms with Gasteiger partial charge in [0, 0.05) is 28.5 Å². The Balaban J connectivity index is 1.83. The van der Waals surface area contributed by atoms with Crippen LogP contribution in [0.5, 0.6) is 5.75 Å². The molecule has 46 heavy (non-hydrogen) atoms. The third kappa shape index (κ3) is 9.25. The molecule has 8 nitrogen and oxygen atoms in total. The Morgan fingerprint density at radius 1 is 0.826 bits per heavy atom. The summed E-state index contributed by atoms with van der Waals surface area (Å²) < 4.78 is 34.6. The van der Waals surface area contributed by atoms with E-state index in [0.29, 0.717) is 21.4 Å². The Hall–Kier alpha value is -4.05. The first-order chi connectivity index (χ1) is 21.8. The van der Waals surface area contributed by atoms with Crippen molar-refractivity contribution in [1.29, 1.82) is 0 Å². The molecule has 0 saturated heterocycles. The van der Waals surface area contributed by atoms with Gasteiger partial charge in [0.2, 0.25) is 11.8 Å². The van der Waals surface area contributed by atoms with Crippen LogP contribution in [-0.2, 0) is 32.6 Å². The molecule has 0 heterocycles. The van der Waals surface area contributed by atoms with E-state index < -0.39 is 34.1 Å². The lowest BCUT2D eigenvalue weighted by molar-refractivity contribution is -0.140. The maximum Gasteiger partial charge on any atom is 0.264 e. The molecule has 242 valence electrons. The lowest BCUT2D eigenvalue weighted by Gasteiger charge is -2.35. The van der Waals surface area contributed by atoms with Crippen molar-refractivity contribution in [3.8, 4) is 5.75 Å². The summed E-state index contributed by atoms with van der Waals surface area (Å²) in [6.45, 7) is 4.98. The lowest BCUT2D eigenvalue weighted by Crippen LogP contribution is -2.56. The smallest absolute Gasteiger partial charge is 0.264 e. The standard InChI is InChI=1S/C35H37Cl2N3O5S/c1-35(2,3)38-34(42)32(21-25-10-6-5-7-11-25)39(23-26-12-8-15-30(20-26)45-4)33(41)24-40(29-14-9-13-28(37)22-29)46(43,44)31-18-16-27(36)17-19-31/h5-20,22,32H,21,23-24H2,1-4H3,(H,38,42)/t32-/m1/s1. The van der Waals surface area contributed by atoms with Crippen molar-refractivity contribution < 1.29 is 22.7 Å². The van der Waals surface area contributed by atoms with Crippen LogP contribution in [0, 0.1) is 0 Å². The lowest BCUT2D eigenvalue weighted by atomic mass is 10.0. The van der Waals surface area contributed by atoms with Gasteiger partial charge in [0.25, 0.3) is 10.0 Å². The van der Waals surface area contributed by atoms with Crippen LogP contribution < -0.4 is 14.4 Å². The van der Waals surface area contributed by atoms with Gasteiger partial charge in [-0.1, -0.05) is 71.7 Å². The zero-order chi connectivity index (χ0) is 33.5. The molecule has 0 radical (unpaired) electrons. The number of anilines is 1. The van der Waals surface area contributed by atoms with Gasteiger partial charge in [0.05, 0.1) is 17.7 Å². The van der Waals surface area contributed by atoms with E-state index in [1.165, 1.54) is 35.2 Å². The van der Waals surface area contributed by atoms with E-state index in [1.54, 1.807) is 43.5 Å². The van der Waals surface area contributed by atoms with Crippen molar-refractivity contribution in [3.05, 3.63) is 124 Å². The number of rotatable bonds is 12. The van der Waals surface area contributed by atoms with Crippen LogP contribution in [-0.4, -0.2) is 50.4 Å². The third-order valence-electron chi connectivity index (χ3n) is 7.03. The van der Waals surface area contributed by atoms with Crippen molar-refractivity contribution >= 4 is 50.7 Å². The van der Waals surface area contributed by atoms with Gasteiger partial charge < -0.3 is 15.0 Å². The number of halogens is 2. The molecule has 4 aromatic carbocycles. The zero-order valence-electron chi connectivity index (χ0n) is 26.1. The molecule has 2 amide bonds. The first-order valence-corrected chi connectivity index (χ1v) is 16.8. The molecule has 0 aliphatic rings. The molecule has 4 rings (SSSR count). The van der Waals surface area contributed by atoms with Gasteiger partial charge in [-0.25, -0.2) is 8.42 Å². The van der Waals surface area contributed by atoms with Crippen LogP contribution in [0.1, 0.15) is 31.9 Å². The Morgan fingerprint density at radius 2 is 1.48 bits per heavy atom.